The van der Waals surface area contributed by atoms with Crippen molar-refractivity contribution in [3.63, 3.8) is 0 Å². The Balaban J connectivity index is 3.06. The molecular weight excluding hydrogens is 285 g/mol. The molecule has 0 aliphatic heterocycles. The van der Waals surface area contributed by atoms with Crippen molar-refractivity contribution >= 4 is 11.8 Å². The SMILES string of the molecule is CCCNc1nc(NC(CO)C(C)C)cc(C(F)(F)F)n1. The lowest BCUT2D eigenvalue weighted by Crippen LogP contribution is -2.30. The Bertz CT molecular complexity index is 452. The lowest BCUT2D eigenvalue weighted by Gasteiger charge is -2.21. The summed E-state index contributed by atoms with van der Waals surface area (Å²) in [5.41, 5.74) is -1.01. The summed E-state index contributed by atoms with van der Waals surface area (Å²) in [5, 5.41) is 14.8. The van der Waals surface area contributed by atoms with Gasteiger partial charge in [0.25, 0.3) is 0 Å². The minimum absolute atomic E-state index is 0.0451. The number of halogens is 3. The molecular formula is C13H21F3N4O. The summed E-state index contributed by atoms with van der Waals surface area (Å²) in [6.07, 6.45) is -3.80. The first kappa shape index (κ1) is 17.5. The van der Waals surface area contributed by atoms with Gasteiger partial charge in [0, 0.05) is 12.6 Å². The highest BCUT2D eigenvalue weighted by molar-refractivity contribution is 5.44. The minimum atomic E-state index is -4.55. The van der Waals surface area contributed by atoms with Crippen LogP contribution in [0.3, 0.4) is 0 Å². The monoisotopic (exact) mass is 306 g/mol. The number of aliphatic hydroxyl groups excluding tert-OH is 1. The van der Waals surface area contributed by atoms with Crippen molar-refractivity contribution in [2.75, 3.05) is 23.8 Å². The highest BCUT2D eigenvalue weighted by atomic mass is 19.4. The van der Waals surface area contributed by atoms with E-state index in [1.54, 1.807) is 0 Å². The molecule has 8 heteroatoms. The maximum atomic E-state index is 12.9. The van der Waals surface area contributed by atoms with Gasteiger partial charge in [0.1, 0.15) is 5.82 Å². The summed E-state index contributed by atoms with van der Waals surface area (Å²) in [7, 11) is 0. The number of rotatable bonds is 7. The Kier molecular flexibility index (Phi) is 6.19. The molecule has 0 aromatic carbocycles. The number of aliphatic hydroxyl groups is 1. The van der Waals surface area contributed by atoms with E-state index in [1.165, 1.54) is 0 Å². The minimum Gasteiger partial charge on any atom is -0.394 e. The number of hydrogen-bond donors (Lipinski definition) is 3. The first-order valence-electron chi connectivity index (χ1n) is 6.85. The van der Waals surface area contributed by atoms with Crippen LogP contribution in [0.15, 0.2) is 6.07 Å². The quantitative estimate of drug-likeness (QED) is 0.722. The zero-order valence-electron chi connectivity index (χ0n) is 12.3. The Morgan fingerprint density at radius 3 is 2.43 bits per heavy atom. The van der Waals surface area contributed by atoms with Crippen LogP contribution in [-0.2, 0) is 6.18 Å². The van der Waals surface area contributed by atoms with E-state index in [4.69, 9.17) is 0 Å². The van der Waals surface area contributed by atoms with E-state index < -0.39 is 11.9 Å². The van der Waals surface area contributed by atoms with Gasteiger partial charge in [-0.05, 0) is 12.3 Å². The molecule has 1 aromatic rings. The zero-order valence-corrected chi connectivity index (χ0v) is 12.3. The largest absolute Gasteiger partial charge is 0.433 e. The van der Waals surface area contributed by atoms with Gasteiger partial charge >= 0.3 is 6.18 Å². The molecule has 5 nitrogen and oxygen atoms in total. The van der Waals surface area contributed by atoms with E-state index in [1.807, 2.05) is 20.8 Å². The molecule has 0 radical (unpaired) electrons. The Morgan fingerprint density at radius 2 is 1.95 bits per heavy atom. The number of aromatic nitrogens is 2. The molecule has 1 aromatic heterocycles. The summed E-state index contributed by atoms with van der Waals surface area (Å²) < 4.78 is 38.6. The molecule has 1 rings (SSSR count). The lowest BCUT2D eigenvalue weighted by molar-refractivity contribution is -0.141. The Labute approximate surface area is 122 Å². The van der Waals surface area contributed by atoms with Crippen LogP contribution in [0.5, 0.6) is 0 Å². The van der Waals surface area contributed by atoms with Crippen LogP contribution >= 0.6 is 0 Å². The maximum absolute atomic E-state index is 12.9. The number of hydrogen-bond acceptors (Lipinski definition) is 5. The topological polar surface area (TPSA) is 70.1 Å². The van der Waals surface area contributed by atoms with E-state index in [2.05, 4.69) is 20.6 Å². The van der Waals surface area contributed by atoms with Crippen LogP contribution in [-0.4, -0.2) is 34.3 Å². The number of nitrogens with one attached hydrogen (secondary N) is 2. The van der Waals surface area contributed by atoms with Crippen molar-refractivity contribution in [3.05, 3.63) is 11.8 Å². The fourth-order valence-corrected chi connectivity index (χ4v) is 1.60. The van der Waals surface area contributed by atoms with Crippen LogP contribution < -0.4 is 10.6 Å². The molecule has 120 valence electrons. The van der Waals surface area contributed by atoms with Gasteiger partial charge in [0.15, 0.2) is 5.69 Å². The van der Waals surface area contributed by atoms with Gasteiger partial charge in [-0.3, -0.25) is 0 Å². The zero-order chi connectivity index (χ0) is 16.0. The van der Waals surface area contributed by atoms with E-state index >= 15 is 0 Å². The van der Waals surface area contributed by atoms with Gasteiger partial charge < -0.3 is 15.7 Å². The van der Waals surface area contributed by atoms with E-state index in [0.717, 1.165) is 12.5 Å². The van der Waals surface area contributed by atoms with Crippen LogP contribution in [0.2, 0.25) is 0 Å². The fourth-order valence-electron chi connectivity index (χ4n) is 1.60. The summed E-state index contributed by atoms with van der Waals surface area (Å²) in [5.74, 6) is 0.0182. The second-order valence-electron chi connectivity index (χ2n) is 5.06. The molecule has 0 saturated carbocycles. The van der Waals surface area contributed by atoms with Crippen LogP contribution in [0, 0.1) is 5.92 Å². The predicted octanol–water partition coefficient (Wildman–Crippen LogP) is 2.75. The average molecular weight is 306 g/mol. The van der Waals surface area contributed by atoms with Crippen LogP contribution in [0.25, 0.3) is 0 Å². The number of nitrogens with zero attached hydrogens (tertiary/aromatic N) is 2. The third kappa shape index (κ3) is 5.37. The van der Waals surface area contributed by atoms with Gasteiger partial charge in [-0.15, -0.1) is 0 Å². The molecule has 1 atom stereocenters. The summed E-state index contributed by atoms with van der Waals surface area (Å²) in [4.78, 5) is 7.48. The molecule has 0 bridgehead atoms. The molecule has 0 fully saturated rings. The van der Waals surface area contributed by atoms with E-state index in [-0.39, 0.29) is 30.3 Å². The maximum Gasteiger partial charge on any atom is 0.433 e. The summed E-state index contributed by atoms with van der Waals surface area (Å²) in [6, 6.07) is 0.474. The molecule has 1 heterocycles. The first-order chi connectivity index (χ1) is 9.77. The molecule has 1 unspecified atom stereocenters. The second-order valence-corrected chi connectivity index (χ2v) is 5.06. The molecule has 21 heavy (non-hydrogen) atoms. The van der Waals surface area contributed by atoms with Crippen molar-refractivity contribution in [2.45, 2.75) is 39.4 Å². The standard InChI is InChI=1S/C13H21F3N4O/c1-4-5-17-12-19-10(13(14,15)16)6-11(20-12)18-9(7-21)8(2)3/h6,8-9,21H,4-5,7H2,1-3H3,(H2,17,18,19,20). The van der Waals surface area contributed by atoms with Gasteiger partial charge in [-0.2, -0.15) is 18.2 Å². The highest BCUT2D eigenvalue weighted by Gasteiger charge is 2.34. The average Bonchev–Trinajstić information content (AvgIpc) is 2.41. The third-order valence-electron chi connectivity index (χ3n) is 2.88. The Hall–Kier alpha value is -1.57. The van der Waals surface area contributed by atoms with Crippen LogP contribution in [0.1, 0.15) is 32.9 Å². The molecule has 0 aliphatic rings. The summed E-state index contributed by atoms with van der Waals surface area (Å²) >= 11 is 0. The molecule has 0 aliphatic carbocycles. The second kappa shape index (κ2) is 7.44. The molecule has 0 saturated heterocycles. The van der Waals surface area contributed by atoms with Crippen molar-refractivity contribution < 1.29 is 18.3 Å². The fraction of sp³-hybridized carbons (Fsp3) is 0.692. The van der Waals surface area contributed by atoms with Gasteiger partial charge in [-0.1, -0.05) is 20.8 Å². The number of anilines is 2. The van der Waals surface area contributed by atoms with Gasteiger partial charge in [0.05, 0.1) is 12.6 Å². The normalized spacial score (nSPS) is 13.3. The molecule has 0 spiro atoms. The molecule has 3 N–H and O–H groups in total. The Morgan fingerprint density at radius 1 is 1.29 bits per heavy atom. The smallest absolute Gasteiger partial charge is 0.394 e. The predicted molar refractivity (Wildman–Crippen MR) is 75.1 cm³/mol. The van der Waals surface area contributed by atoms with Gasteiger partial charge in [-0.25, -0.2) is 4.98 Å². The van der Waals surface area contributed by atoms with Crippen molar-refractivity contribution in [1.29, 1.82) is 0 Å². The third-order valence-corrected chi connectivity index (χ3v) is 2.88. The van der Waals surface area contributed by atoms with Crippen molar-refractivity contribution in [1.82, 2.24) is 9.97 Å². The first-order valence-corrected chi connectivity index (χ1v) is 6.85. The van der Waals surface area contributed by atoms with E-state index in [0.29, 0.717) is 6.54 Å². The van der Waals surface area contributed by atoms with Gasteiger partial charge in [0.2, 0.25) is 5.95 Å². The highest BCUT2D eigenvalue weighted by Crippen LogP contribution is 2.30. The molecule has 0 amide bonds. The van der Waals surface area contributed by atoms with Crippen molar-refractivity contribution in [3.8, 4) is 0 Å². The summed E-state index contributed by atoms with van der Waals surface area (Å²) in [6.45, 7) is 5.89. The van der Waals surface area contributed by atoms with Crippen molar-refractivity contribution in [2.24, 2.45) is 5.92 Å². The number of alkyl halides is 3. The lowest BCUT2D eigenvalue weighted by atomic mass is 10.1. The van der Waals surface area contributed by atoms with E-state index in [9.17, 15) is 18.3 Å². The van der Waals surface area contributed by atoms with Crippen LogP contribution in [0.4, 0.5) is 24.9 Å².